The van der Waals surface area contributed by atoms with Gasteiger partial charge in [-0.1, -0.05) is 25.1 Å². The molecule has 2 N–H and O–H groups in total. The Morgan fingerprint density at radius 1 is 1.25 bits per heavy atom. The number of hydrogen-bond donors (Lipinski definition) is 2. The van der Waals surface area contributed by atoms with Crippen LogP contribution in [-0.2, 0) is 6.42 Å². The molecule has 0 bridgehead atoms. The van der Waals surface area contributed by atoms with Crippen molar-refractivity contribution < 1.29 is 10.2 Å². The molecule has 0 radical (unpaired) electrons. The molecule has 0 unspecified atom stereocenters. The molecule has 1 aliphatic rings. The molecule has 88 valence electrons. The van der Waals surface area contributed by atoms with Gasteiger partial charge in [0.25, 0.3) is 0 Å². The van der Waals surface area contributed by atoms with E-state index in [0.717, 1.165) is 13.0 Å². The number of benzene rings is 1. The SMILES string of the molecule is CC(CO)(CO)CN1CCc2ccccc21. The van der Waals surface area contributed by atoms with Crippen LogP contribution < -0.4 is 4.90 Å². The van der Waals surface area contributed by atoms with Crippen molar-refractivity contribution in [3.05, 3.63) is 29.8 Å². The van der Waals surface area contributed by atoms with Crippen LogP contribution in [0.3, 0.4) is 0 Å². The number of aliphatic hydroxyl groups excluding tert-OH is 2. The second kappa shape index (κ2) is 4.44. The fraction of sp³-hybridized carbons (Fsp3) is 0.538. The van der Waals surface area contributed by atoms with Gasteiger partial charge in [-0.15, -0.1) is 0 Å². The van der Waals surface area contributed by atoms with Crippen LogP contribution in [0.5, 0.6) is 0 Å². The molecule has 3 nitrogen and oxygen atoms in total. The molecular formula is C13H19NO2. The van der Waals surface area contributed by atoms with Crippen molar-refractivity contribution in [2.45, 2.75) is 13.3 Å². The second-order valence-electron chi connectivity index (χ2n) is 4.93. The zero-order valence-electron chi connectivity index (χ0n) is 9.69. The lowest BCUT2D eigenvalue weighted by atomic mass is 9.92. The van der Waals surface area contributed by atoms with Crippen LogP contribution >= 0.6 is 0 Å². The minimum atomic E-state index is -0.419. The lowest BCUT2D eigenvalue weighted by Crippen LogP contribution is -2.40. The van der Waals surface area contributed by atoms with Gasteiger partial charge in [-0.2, -0.15) is 0 Å². The Balaban J connectivity index is 2.14. The van der Waals surface area contributed by atoms with Crippen molar-refractivity contribution in [1.82, 2.24) is 0 Å². The number of rotatable bonds is 4. The molecule has 16 heavy (non-hydrogen) atoms. The maximum Gasteiger partial charge on any atom is 0.0523 e. The average molecular weight is 221 g/mol. The van der Waals surface area contributed by atoms with Crippen molar-refractivity contribution in [1.29, 1.82) is 0 Å². The predicted molar refractivity (Wildman–Crippen MR) is 64.6 cm³/mol. The summed E-state index contributed by atoms with van der Waals surface area (Å²) in [6.45, 7) is 3.63. The maximum absolute atomic E-state index is 9.31. The first-order chi connectivity index (χ1) is 7.68. The predicted octanol–water partition coefficient (Wildman–Crippen LogP) is 1.04. The zero-order chi connectivity index (χ0) is 11.6. The standard InChI is InChI=1S/C13H19NO2/c1-13(9-15,10-16)8-14-7-6-11-4-2-3-5-12(11)14/h2-5,15-16H,6-10H2,1H3. The van der Waals surface area contributed by atoms with Crippen molar-refractivity contribution >= 4 is 5.69 Å². The van der Waals surface area contributed by atoms with E-state index >= 15 is 0 Å². The monoisotopic (exact) mass is 221 g/mol. The molecule has 0 aromatic heterocycles. The van der Waals surface area contributed by atoms with Gasteiger partial charge in [0, 0.05) is 24.2 Å². The molecular weight excluding hydrogens is 202 g/mol. The van der Waals surface area contributed by atoms with Gasteiger partial charge in [0.1, 0.15) is 0 Å². The van der Waals surface area contributed by atoms with Gasteiger partial charge < -0.3 is 15.1 Å². The minimum absolute atomic E-state index is 0.0160. The lowest BCUT2D eigenvalue weighted by molar-refractivity contribution is 0.0757. The van der Waals surface area contributed by atoms with E-state index < -0.39 is 5.41 Å². The zero-order valence-corrected chi connectivity index (χ0v) is 9.69. The van der Waals surface area contributed by atoms with Crippen LogP contribution in [0.2, 0.25) is 0 Å². The summed E-state index contributed by atoms with van der Waals surface area (Å²) in [5, 5.41) is 18.6. The van der Waals surface area contributed by atoms with Crippen LogP contribution in [0.25, 0.3) is 0 Å². The Hall–Kier alpha value is -1.06. The van der Waals surface area contributed by atoms with E-state index in [2.05, 4.69) is 23.1 Å². The molecule has 1 aliphatic heterocycles. The quantitative estimate of drug-likeness (QED) is 0.798. The van der Waals surface area contributed by atoms with Gasteiger partial charge in [0.15, 0.2) is 0 Å². The molecule has 1 aromatic carbocycles. The summed E-state index contributed by atoms with van der Waals surface area (Å²) in [4.78, 5) is 2.25. The van der Waals surface area contributed by atoms with Crippen LogP contribution in [0.15, 0.2) is 24.3 Å². The minimum Gasteiger partial charge on any atom is -0.396 e. The molecule has 0 spiro atoms. The number of hydrogen-bond acceptors (Lipinski definition) is 3. The van der Waals surface area contributed by atoms with Gasteiger partial charge in [0.05, 0.1) is 13.2 Å². The Bertz CT molecular complexity index is 361. The molecule has 0 aliphatic carbocycles. The molecule has 0 fully saturated rings. The van der Waals surface area contributed by atoms with Crippen molar-refractivity contribution in [2.24, 2.45) is 5.41 Å². The van der Waals surface area contributed by atoms with Gasteiger partial charge in [0.2, 0.25) is 0 Å². The number of fused-ring (bicyclic) bond motifs is 1. The average Bonchev–Trinajstić information content (AvgIpc) is 2.73. The highest BCUT2D eigenvalue weighted by atomic mass is 16.3. The normalized spacial score (nSPS) is 15.3. The first-order valence-electron chi connectivity index (χ1n) is 5.73. The number of anilines is 1. The molecule has 2 rings (SSSR count). The highest BCUT2D eigenvalue weighted by Crippen LogP contribution is 2.30. The Kier molecular flexibility index (Phi) is 3.17. The van der Waals surface area contributed by atoms with Crippen LogP contribution in [0.1, 0.15) is 12.5 Å². The second-order valence-corrected chi connectivity index (χ2v) is 4.93. The van der Waals surface area contributed by atoms with Crippen molar-refractivity contribution in [3.8, 4) is 0 Å². The topological polar surface area (TPSA) is 43.7 Å². The largest absolute Gasteiger partial charge is 0.396 e. The molecule has 0 saturated carbocycles. The molecule has 0 saturated heterocycles. The fourth-order valence-electron chi connectivity index (χ4n) is 2.18. The third kappa shape index (κ3) is 2.06. The molecule has 0 amide bonds. The van der Waals surface area contributed by atoms with Crippen molar-refractivity contribution in [3.63, 3.8) is 0 Å². The van der Waals surface area contributed by atoms with Gasteiger partial charge >= 0.3 is 0 Å². The van der Waals surface area contributed by atoms with E-state index in [1.165, 1.54) is 11.3 Å². The van der Waals surface area contributed by atoms with Crippen molar-refractivity contribution in [2.75, 3.05) is 31.2 Å². The van der Waals surface area contributed by atoms with E-state index in [1.54, 1.807) is 0 Å². The first kappa shape index (κ1) is 11.4. The summed E-state index contributed by atoms with van der Waals surface area (Å²) < 4.78 is 0. The fourth-order valence-corrected chi connectivity index (χ4v) is 2.18. The van der Waals surface area contributed by atoms with Gasteiger partial charge in [-0.25, -0.2) is 0 Å². The maximum atomic E-state index is 9.31. The lowest BCUT2D eigenvalue weighted by Gasteiger charge is -2.31. The van der Waals surface area contributed by atoms with Crippen LogP contribution in [-0.4, -0.2) is 36.5 Å². The Morgan fingerprint density at radius 2 is 1.94 bits per heavy atom. The third-order valence-corrected chi connectivity index (χ3v) is 3.32. The summed E-state index contributed by atoms with van der Waals surface area (Å²) in [7, 11) is 0. The summed E-state index contributed by atoms with van der Waals surface area (Å²) >= 11 is 0. The van der Waals surface area contributed by atoms with Crippen LogP contribution in [0.4, 0.5) is 5.69 Å². The Morgan fingerprint density at radius 3 is 2.62 bits per heavy atom. The van der Waals surface area contributed by atoms with E-state index in [9.17, 15) is 10.2 Å². The van der Waals surface area contributed by atoms with E-state index in [0.29, 0.717) is 6.54 Å². The smallest absolute Gasteiger partial charge is 0.0523 e. The van der Waals surface area contributed by atoms with Crippen LogP contribution in [0, 0.1) is 5.41 Å². The van der Waals surface area contributed by atoms with E-state index in [1.807, 2.05) is 13.0 Å². The summed E-state index contributed by atoms with van der Waals surface area (Å²) in [6, 6.07) is 8.34. The number of nitrogens with zero attached hydrogens (tertiary/aromatic N) is 1. The Labute approximate surface area is 96.3 Å². The highest BCUT2D eigenvalue weighted by Gasteiger charge is 2.28. The van der Waals surface area contributed by atoms with Gasteiger partial charge in [-0.3, -0.25) is 0 Å². The molecule has 1 heterocycles. The number of para-hydroxylation sites is 1. The molecule has 1 aromatic rings. The first-order valence-corrected chi connectivity index (χ1v) is 5.73. The van der Waals surface area contributed by atoms with E-state index in [4.69, 9.17) is 0 Å². The van der Waals surface area contributed by atoms with Gasteiger partial charge in [-0.05, 0) is 18.1 Å². The summed E-state index contributed by atoms with van der Waals surface area (Å²) in [5.74, 6) is 0. The summed E-state index contributed by atoms with van der Waals surface area (Å²) in [5.41, 5.74) is 2.19. The van der Waals surface area contributed by atoms with E-state index in [-0.39, 0.29) is 13.2 Å². The summed E-state index contributed by atoms with van der Waals surface area (Å²) in [6.07, 6.45) is 1.06. The highest BCUT2D eigenvalue weighted by molar-refractivity contribution is 5.57. The molecule has 3 heteroatoms. The third-order valence-electron chi connectivity index (χ3n) is 3.32. The number of aliphatic hydroxyl groups is 2. The molecule has 0 atom stereocenters.